The average Bonchev–Trinajstić information content (AvgIpc) is 3.26. The molecular formula is C50H65N5O9. The predicted octanol–water partition coefficient (Wildman–Crippen LogP) is 4.95. The Bertz CT molecular complexity index is 2190. The number of allylic oxidation sites excluding steroid dienone is 5. The molecule has 2 aromatic rings. The van der Waals surface area contributed by atoms with E-state index in [0.717, 1.165) is 63.8 Å². The molecule has 0 bridgehead atoms. The first kappa shape index (κ1) is 49.2. The van der Waals surface area contributed by atoms with Gasteiger partial charge in [0.2, 0.25) is 23.6 Å². The highest BCUT2D eigenvalue weighted by molar-refractivity contribution is 6.02. The SMILES string of the molecule is C=C1/C(=C(/CC)c2cc(OCCOCNC(=O)CNC(=O)[C@H](Cc3ccccc3)NC(=O)CNC(=O)CN)ccc2C)CC(C)C(C)C(=O)C2=C(/C=C/1C)[C@](C)(C1CCC1)C(=O)OC2. The van der Waals surface area contributed by atoms with Crippen molar-refractivity contribution in [3.8, 4) is 5.75 Å². The van der Waals surface area contributed by atoms with Gasteiger partial charge in [-0.25, -0.2) is 0 Å². The van der Waals surface area contributed by atoms with E-state index >= 15 is 0 Å². The van der Waals surface area contributed by atoms with Crippen molar-refractivity contribution in [3.05, 3.63) is 106 Å². The number of carbonyl (C=O) groups excluding carboxylic acids is 6. The molecule has 0 radical (unpaired) electrons. The second kappa shape index (κ2) is 22.7. The van der Waals surface area contributed by atoms with Gasteiger partial charge < -0.3 is 41.2 Å². The van der Waals surface area contributed by atoms with Gasteiger partial charge in [-0.1, -0.05) is 76.2 Å². The van der Waals surface area contributed by atoms with E-state index in [0.29, 0.717) is 24.2 Å². The number of carbonyl (C=O) groups is 6. The minimum absolute atomic E-state index is 0.00174. The van der Waals surface area contributed by atoms with Crippen molar-refractivity contribution in [1.29, 1.82) is 0 Å². The Morgan fingerprint density at radius 3 is 2.34 bits per heavy atom. The molecule has 64 heavy (non-hydrogen) atoms. The Morgan fingerprint density at radius 2 is 1.67 bits per heavy atom. The highest BCUT2D eigenvalue weighted by Gasteiger charge is 2.52. The number of nitrogens with two attached hydrogens (primary N) is 1. The van der Waals surface area contributed by atoms with Gasteiger partial charge in [-0.2, -0.15) is 0 Å². The van der Waals surface area contributed by atoms with Gasteiger partial charge >= 0.3 is 5.97 Å². The summed E-state index contributed by atoms with van der Waals surface area (Å²) in [7, 11) is 0. The zero-order chi connectivity index (χ0) is 46.6. The molecule has 4 atom stereocenters. The molecule has 6 N–H and O–H groups in total. The molecule has 0 saturated heterocycles. The van der Waals surface area contributed by atoms with Gasteiger partial charge in [-0.05, 0) is 115 Å². The zero-order valence-electron chi connectivity index (χ0n) is 38.2. The van der Waals surface area contributed by atoms with E-state index in [2.05, 4.69) is 48.6 Å². The summed E-state index contributed by atoms with van der Waals surface area (Å²) in [5.41, 5.74) is 12.7. The fourth-order valence-electron chi connectivity index (χ4n) is 8.52. The van der Waals surface area contributed by atoms with Crippen molar-refractivity contribution in [2.24, 2.45) is 28.9 Å². The van der Waals surface area contributed by atoms with Crippen molar-refractivity contribution < 1.29 is 43.0 Å². The van der Waals surface area contributed by atoms with E-state index in [9.17, 15) is 28.8 Å². The van der Waals surface area contributed by atoms with E-state index in [1.54, 1.807) is 0 Å². The fourth-order valence-corrected chi connectivity index (χ4v) is 8.52. The maximum Gasteiger partial charge on any atom is 0.316 e. The lowest BCUT2D eigenvalue weighted by Crippen LogP contribution is -2.52. The van der Waals surface area contributed by atoms with Gasteiger partial charge in [0.25, 0.3) is 0 Å². The van der Waals surface area contributed by atoms with Crippen LogP contribution in [0.1, 0.15) is 83.4 Å². The van der Waals surface area contributed by atoms with Crippen LogP contribution >= 0.6 is 0 Å². The number of rotatable bonds is 18. The van der Waals surface area contributed by atoms with Gasteiger partial charge in [0, 0.05) is 17.9 Å². The molecule has 5 rings (SSSR count). The van der Waals surface area contributed by atoms with Gasteiger partial charge in [-0.15, -0.1) is 0 Å². The summed E-state index contributed by atoms with van der Waals surface area (Å²) in [5, 5.41) is 10.1. The molecule has 0 spiro atoms. The molecule has 1 saturated carbocycles. The summed E-state index contributed by atoms with van der Waals surface area (Å²) in [6.45, 7) is 16.1. The summed E-state index contributed by atoms with van der Waals surface area (Å²) in [5.74, 6) is -1.94. The number of aryl methyl sites for hydroxylation is 1. The van der Waals surface area contributed by atoms with Crippen LogP contribution in [0.15, 0.2) is 89.1 Å². The van der Waals surface area contributed by atoms with E-state index in [1.165, 1.54) is 0 Å². The molecule has 4 amide bonds. The highest BCUT2D eigenvalue weighted by Crippen LogP contribution is 2.52. The number of hydrogen-bond acceptors (Lipinski definition) is 10. The third-order valence-electron chi connectivity index (χ3n) is 13.0. The maximum absolute atomic E-state index is 14.2. The van der Waals surface area contributed by atoms with Crippen LogP contribution in [0, 0.1) is 30.1 Å². The Balaban J connectivity index is 1.19. The van der Waals surface area contributed by atoms with Crippen LogP contribution in [-0.2, 0) is 44.7 Å². The van der Waals surface area contributed by atoms with Gasteiger partial charge in [0.1, 0.15) is 31.7 Å². The van der Waals surface area contributed by atoms with Crippen LogP contribution in [0.4, 0.5) is 0 Å². The normalized spacial score (nSPS) is 22.4. The molecule has 2 unspecified atom stereocenters. The van der Waals surface area contributed by atoms with E-state index in [-0.39, 0.29) is 82.1 Å². The van der Waals surface area contributed by atoms with Crippen molar-refractivity contribution in [3.63, 3.8) is 0 Å². The lowest BCUT2D eigenvalue weighted by molar-refractivity contribution is -0.158. The summed E-state index contributed by atoms with van der Waals surface area (Å²) >= 11 is 0. The topological polar surface area (TPSA) is 204 Å². The molecule has 2 aromatic carbocycles. The molecule has 1 fully saturated rings. The number of amides is 4. The van der Waals surface area contributed by atoms with Crippen molar-refractivity contribution in [2.45, 2.75) is 86.1 Å². The monoisotopic (exact) mass is 879 g/mol. The number of cyclic esters (lactones) is 1. The first-order valence-electron chi connectivity index (χ1n) is 22.3. The Morgan fingerprint density at radius 1 is 0.953 bits per heavy atom. The number of hydrogen-bond donors (Lipinski definition) is 5. The van der Waals surface area contributed by atoms with Crippen LogP contribution in [0.5, 0.6) is 5.75 Å². The molecule has 1 aliphatic heterocycles. The second-order valence-corrected chi connectivity index (χ2v) is 17.2. The average molecular weight is 880 g/mol. The minimum Gasteiger partial charge on any atom is -0.491 e. The lowest BCUT2D eigenvalue weighted by Gasteiger charge is -2.45. The Kier molecular flexibility index (Phi) is 17.4. The van der Waals surface area contributed by atoms with Gasteiger partial charge in [-0.3, -0.25) is 28.8 Å². The quantitative estimate of drug-likeness (QED) is 0.0775. The first-order valence-corrected chi connectivity index (χ1v) is 22.3. The molecule has 3 aliphatic rings. The molecular weight excluding hydrogens is 815 g/mol. The first-order chi connectivity index (χ1) is 30.6. The van der Waals surface area contributed by atoms with Gasteiger partial charge in [0.05, 0.1) is 31.7 Å². The molecule has 0 aromatic heterocycles. The maximum atomic E-state index is 14.2. The third-order valence-corrected chi connectivity index (χ3v) is 13.0. The molecule has 1 heterocycles. The smallest absolute Gasteiger partial charge is 0.316 e. The van der Waals surface area contributed by atoms with Crippen molar-refractivity contribution in [1.82, 2.24) is 21.3 Å². The Labute approximate surface area is 376 Å². The molecule has 344 valence electrons. The van der Waals surface area contributed by atoms with Crippen molar-refractivity contribution >= 4 is 41.0 Å². The zero-order valence-corrected chi connectivity index (χ0v) is 38.2. The van der Waals surface area contributed by atoms with Crippen LogP contribution in [0.25, 0.3) is 5.57 Å². The number of Topliss-reactive ketones (excluding diaryl/α,β-unsaturated/α-hetero) is 1. The van der Waals surface area contributed by atoms with E-state index < -0.39 is 35.1 Å². The predicted molar refractivity (Wildman–Crippen MR) is 244 cm³/mol. The number of benzene rings is 2. The van der Waals surface area contributed by atoms with Crippen LogP contribution < -0.4 is 31.7 Å². The minimum atomic E-state index is -0.999. The van der Waals surface area contributed by atoms with Crippen LogP contribution in [0.3, 0.4) is 0 Å². The second-order valence-electron chi connectivity index (χ2n) is 17.2. The number of nitrogens with one attached hydrogen (secondary N) is 4. The largest absolute Gasteiger partial charge is 0.491 e. The number of ether oxygens (including phenoxy) is 3. The lowest BCUT2D eigenvalue weighted by atomic mass is 9.60. The van der Waals surface area contributed by atoms with E-state index in [1.807, 2.05) is 75.4 Å². The van der Waals surface area contributed by atoms with E-state index in [4.69, 9.17) is 19.9 Å². The highest BCUT2D eigenvalue weighted by atomic mass is 16.5. The number of esters is 1. The standard InChI is InChI=1S/C50H65N5O9/c1-8-38(40-21-31(3)34(6)47(59)41-28-64-49(61)50(7,36-15-12-16-36)42(41)22-32(4)33(40)5)39-24-37(18-17-30(39)2)63-20-19-62-29-54-45(57)26-53-48(60)43(23-35-13-10-9-11-14-35)55-46(58)27-52-44(56)25-51/h9-11,13-14,17-18,22,24,31,34,36,43H,5,8,12,15-16,19-21,23,25-29,51H2,1-4,6-7H3,(H,52,56)(H,53,60)(H,54,57)(H,55,58)/b32-22+,40-38-/t31?,34?,43-,50-/m0/s1. The summed E-state index contributed by atoms with van der Waals surface area (Å²) in [6, 6.07) is 14.0. The number of ketones is 1. The summed E-state index contributed by atoms with van der Waals surface area (Å²) < 4.78 is 17.5. The fraction of sp³-hybridized carbons (Fsp3) is 0.480. The summed E-state index contributed by atoms with van der Waals surface area (Å²) in [4.78, 5) is 77.3. The summed E-state index contributed by atoms with van der Waals surface area (Å²) in [6.07, 6.45) is 6.45. The molecule has 2 aliphatic carbocycles. The van der Waals surface area contributed by atoms with Crippen LogP contribution in [-0.4, -0.2) is 87.6 Å². The van der Waals surface area contributed by atoms with Crippen LogP contribution in [0.2, 0.25) is 0 Å². The Hall–Kier alpha value is -5.86. The third kappa shape index (κ3) is 12.0. The molecule has 14 heteroatoms. The molecule has 14 nitrogen and oxygen atoms in total. The van der Waals surface area contributed by atoms with Gasteiger partial charge in [0.15, 0.2) is 5.78 Å². The van der Waals surface area contributed by atoms with Crippen molar-refractivity contribution in [2.75, 3.05) is 46.2 Å².